The van der Waals surface area contributed by atoms with Gasteiger partial charge in [0.2, 0.25) is 5.91 Å². The number of nitrogens with one attached hydrogen (secondary N) is 1. The van der Waals surface area contributed by atoms with Gasteiger partial charge in [-0.1, -0.05) is 45.1 Å². The summed E-state index contributed by atoms with van der Waals surface area (Å²) in [6, 6.07) is 4.07. The van der Waals surface area contributed by atoms with Crippen molar-refractivity contribution in [3.8, 4) is 0 Å². The minimum atomic E-state index is -0.0130. The van der Waals surface area contributed by atoms with Crippen LogP contribution in [0.4, 0.5) is 0 Å². The van der Waals surface area contributed by atoms with Gasteiger partial charge in [-0.15, -0.1) is 0 Å². The lowest BCUT2D eigenvalue weighted by atomic mass is 9.81. The van der Waals surface area contributed by atoms with Gasteiger partial charge in [-0.2, -0.15) is 0 Å². The minimum absolute atomic E-state index is 0.0130. The molecule has 1 amide bonds. The molecule has 0 spiro atoms. The lowest BCUT2D eigenvalue weighted by Crippen LogP contribution is -2.36. The third-order valence-corrected chi connectivity index (χ3v) is 4.61. The predicted octanol–water partition coefficient (Wildman–Crippen LogP) is 4.03. The summed E-state index contributed by atoms with van der Waals surface area (Å²) in [7, 11) is 0. The average Bonchev–Trinajstić information content (AvgIpc) is 2.61. The third kappa shape index (κ3) is 6.30. The molecule has 1 saturated carbocycles. The monoisotopic (exact) mass is 318 g/mol. The van der Waals surface area contributed by atoms with Crippen molar-refractivity contribution in [3.05, 3.63) is 30.1 Å². The van der Waals surface area contributed by atoms with Crippen LogP contribution in [0, 0.1) is 5.92 Å². The lowest BCUT2D eigenvalue weighted by molar-refractivity contribution is -0.127. The molecule has 1 fully saturated rings. The molecule has 1 aliphatic carbocycles. The Hall–Kier alpha value is -1.42. The first-order chi connectivity index (χ1) is 11.3. The SMILES string of the molecule is CCCCCOCC(=O)NC(c1cccnc1)C1CCCCC1. The lowest BCUT2D eigenvalue weighted by Gasteiger charge is -2.31. The van der Waals surface area contributed by atoms with Crippen molar-refractivity contribution in [2.45, 2.75) is 64.3 Å². The molecule has 0 saturated heterocycles. The zero-order valence-electron chi connectivity index (χ0n) is 14.3. The highest BCUT2D eigenvalue weighted by molar-refractivity contribution is 5.77. The number of unbranched alkanes of at least 4 members (excludes halogenated alkanes) is 2. The van der Waals surface area contributed by atoms with Gasteiger partial charge < -0.3 is 10.1 Å². The van der Waals surface area contributed by atoms with Crippen LogP contribution in [0.1, 0.15) is 69.9 Å². The highest BCUT2D eigenvalue weighted by Gasteiger charge is 2.26. The number of ether oxygens (including phenoxy) is 1. The molecule has 2 rings (SSSR count). The summed E-state index contributed by atoms with van der Waals surface area (Å²) >= 11 is 0. The molecule has 128 valence electrons. The Labute approximate surface area is 140 Å². The second-order valence-corrected chi connectivity index (χ2v) is 6.49. The predicted molar refractivity (Wildman–Crippen MR) is 92.0 cm³/mol. The van der Waals surface area contributed by atoms with Crippen LogP contribution < -0.4 is 5.32 Å². The van der Waals surface area contributed by atoms with E-state index < -0.39 is 0 Å². The van der Waals surface area contributed by atoms with Crippen LogP contribution in [0.2, 0.25) is 0 Å². The summed E-state index contributed by atoms with van der Waals surface area (Å²) in [6.07, 6.45) is 13.2. The molecule has 4 heteroatoms. The summed E-state index contributed by atoms with van der Waals surface area (Å²) < 4.78 is 5.49. The molecule has 23 heavy (non-hydrogen) atoms. The molecule has 1 aromatic heterocycles. The van der Waals surface area contributed by atoms with Crippen LogP contribution in [0.15, 0.2) is 24.5 Å². The maximum absolute atomic E-state index is 12.2. The number of pyridine rings is 1. The zero-order valence-corrected chi connectivity index (χ0v) is 14.3. The van der Waals surface area contributed by atoms with Crippen molar-refractivity contribution >= 4 is 5.91 Å². The van der Waals surface area contributed by atoms with Crippen molar-refractivity contribution in [1.29, 1.82) is 0 Å². The average molecular weight is 318 g/mol. The molecule has 0 aromatic carbocycles. The van der Waals surface area contributed by atoms with Gasteiger partial charge in [0.15, 0.2) is 0 Å². The van der Waals surface area contributed by atoms with E-state index in [2.05, 4.69) is 23.3 Å². The Balaban J connectivity index is 1.88. The maximum atomic E-state index is 12.2. The normalized spacial score (nSPS) is 16.9. The topological polar surface area (TPSA) is 51.2 Å². The number of carbonyl (C=O) groups is 1. The van der Waals surface area contributed by atoms with Crippen LogP contribution in [0.25, 0.3) is 0 Å². The van der Waals surface area contributed by atoms with Crippen molar-refractivity contribution in [1.82, 2.24) is 10.3 Å². The van der Waals surface area contributed by atoms with Gasteiger partial charge in [0, 0.05) is 19.0 Å². The summed E-state index contributed by atoms with van der Waals surface area (Å²) in [5, 5.41) is 3.19. The minimum Gasteiger partial charge on any atom is -0.372 e. The number of amides is 1. The Bertz CT molecular complexity index is 444. The van der Waals surface area contributed by atoms with Crippen molar-refractivity contribution in [2.75, 3.05) is 13.2 Å². The van der Waals surface area contributed by atoms with E-state index in [1.807, 2.05) is 12.3 Å². The molecule has 0 aliphatic heterocycles. The number of nitrogens with zero attached hydrogens (tertiary/aromatic N) is 1. The summed E-state index contributed by atoms with van der Waals surface area (Å²) in [4.78, 5) is 16.5. The number of hydrogen-bond donors (Lipinski definition) is 1. The van der Waals surface area contributed by atoms with E-state index in [9.17, 15) is 4.79 Å². The fraction of sp³-hybridized carbons (Fsp3) is 0.684. The van der Waals surface area contributed by atoms with E-state index in [-0.39, 0.29) is 18.6 Å². The first kappa shape index (κ1) is 17.9. The first-order valence-electron chi connectivity index (χ1n) is 9.08. The highest BCUT2D eigenvalue weighted by Crippen LogP contribution is 2.34. The molecule has 1 unspecified atom stereocenters. The third-order valence-electron chi connectivity index (χ3n) is 4.61. The van der Waals surface area contributed by atoms with E-state index >= 15 is 0 Å². The molecule has 0 bridgehead atoms. The molecule has 1 aliphatic rings. The molecule has 0 radical (unpaired) electrons. The molecule has 1 heterocycles. The second kappa shape index (κ2) is 10.4. The largest absolute Gasteiger partial charge is 0.372 e. The maximum Gasteiger partial charge on any atom is 0.246 e. The van der Waals surface area contributed by atoms with E-state index in [1.165, 1.54) is 38.5 Å². The number of aromatic nitrogens is 1. The van der Waals surface area contributed by atoms with Crippen LogP contribution in [-0.4, -0.2) is 24.1 Å². The Morgan fingerprint density at radius 3 is 2.87 bits per heavy atom. The van der Waals surface area contributed by atoms with Crippen LogP contribution in [0.3, 0.4) is 0 Å². The molecule has 1 N–H and O–H groups in total. The van der Waals surface area contributed by atoms with Gasteiger partial charge in [0.25, 0.3) is 0 Å². The first-order valence-corrected chi connectivity index (χ1v) is 9.08. The van der Waals surface area contributed by atoms with E-state index in [0.29, 0.717) is 12.5 Å². The fourth-order valence-corrected chi connectivity index (χ4v) is 3.33. The van der Waals surface area contributed by atoms with Crippen LogP contribution >= 0.6 is 0 Å². The standard InChI is InChI=1S/C19H30N2O2/c1-2-3-7-13-23-15-18(22)21-19(16-9-5-4-6-10-16)17-11-8-12-20-14-17/h8,11-12,14,16,19H,2-7,9-10,13,15H2,1H3,(H,21,22). The molecular formula is C19H30N2O2. The van der Waals surface area contributed by atoms with Gasteiger partial charge in [-0.05, 0) is 36.8 Å². The van der Waals surface area contributed by atoms with Gasteiger partial charge >= 0.3 is 0 Å². The van der Waals surface area contributed by atoms with Gasteiger partial charge in [0.05, 0.1) is 6.04 Å². The van der Waals surface area contributed by atoms with Crippen molar-refractivity contribution in [3.63, 3.8) is 0 Å². The fourth-order valence-electron chi connectivity index (χ4n) is 3.33. The van der Waals surface area contributed by atoms with Crippen molar-refractivity contribution < 1.29 is 9.53 Å². The quantitative estimate of drug-likeness (QED) is 0.699. The van der Waals surface area contributed by atoms with Gasteiger partial charge in [-0.3, -0.25) is 9.78 Å². The molecular weight excluding hydrogens is 288 g/mol. The van der Waals surface area contributed by atoms with E-state index in [4.69, 9.17) is 4.74 Å². The van der Waals surface area contributed by atoms with E-state index in [1.54, 1.807) is 6.20 Å². The summed E-state index contributed by atoms with van der Waals surface area (Å²) in [6.45, 7) is 2.99. The molecule has 4 nitrogen and oxygen atoms in total. The van der Waals surface area contributed by atoms with Crippen molar-refractivity contribution in [2.24, 2.45) is 5.92 Å². The van der Waals surface area contributed by atoms with Crippen LogP contribution in [0.5, 0.6) is 0 Å². The number of rotatable bonds is 9. The summed E-state index contributed by atoms with van der Waals surface area (Å²) in [5.74, 6) is 0.498. The molecule has 1 atom stereocenters. The Morgan fingerprint density at radius 1 is 1.35 bits per heavy atom. The highest BCUT2D eigenvalue weighted by atomic mass is 16.5. The summed E-state index contributed by atoms with van der Waals surface area (Å²) in [5.41, 5.74) is 1.11. The number of hydrogen-bond acceptors (Lipinski definition) is 3. The van der Waals surface area contributed by atoms with Crippen LogP contribution in [-0.2, 0) is 9.53 Å². The van der Waals surface area contributed by atoms with Gasteiger partial charge in [0.1, 0.15) is 6.61 Å². The van der Waals surface area contributed by atoms with Gasteiger partial charge in [-0.25, -0.2) is 0 Å². The Kier molecular flexibility index (Phi) is 8.08. The van der Waals surface area contributed by atoms with E-state index in [0.717, 1.165) is 18.4 Å². The Morgan fingerprint density at radius 2 is 2.17 bits per heavy atom. The number of carbonyl (C=O) groups excluding carboxylic acids is 1. The smallest absolute Gasteiger partial charge is 0.246 e. The second-order valence-electron chi connectivity index (χ2n) is 6.49. The molecule has 1 aromatic rings. The zero-order chi connectivity index (χ0) is 16.3.